The van der Waals surface area contributed by atoms with Crippen molar-refractivity contribution in [3.05, 3.63) is 58.7 Å². The lowest BCUT2D eigenvalue weighted by atomic mass is 9.82. The molecule has 5 rings (SSSR count). The zero-order valence-corrected chi connectivity index (χ0v) is 19.4. The second-order valence-corrected chi connectivity index (χ2v) is 9.37. The van der Waals surface area contributed by atoms with Gasteiger partial charge in [-0.1, -0.05) is 0 Å². The van der Waals surface area contributed by atoms with Crippen molar-refractivity contribution in [2.45, 2.75) is 44.8 Å². The van der Waals surface area contributed by atoms with Gasteiger partial charge in [0, 0.05) is 43.6 Å². The molecule has 8 heteroatoms. The fourth-order valence-corrected chi connectivity index (χ4v) is 5.04. The Morgan fingerprint density at radius 1 is 0.971 bits per heavy atom. The number of fused-ring (bicyclic) bond motifs is 2. The van der Waals surface area contributed by atoms with Gasteiger partial charge in [-0.3, -0.25) is 24.1 Å². The van der Waals surface area contributed by atoms with Crippen LogP contribution in [0.4, 0.5) is 0 Å². The number of ketones is 1. The highest BCUT2D eigenvalue weighted by molar-refractivity contribution is 6.22. The second kappa shape index (κ2) is 7.97. The van der Waals surface area contributed by atoms with E-state index in [1.807, 2.05) is 0 Å². The number of benzene rings is 2. The molecule has 2 aromatic rings. The van der Waals surface area contributed by atoms with E-state index >= 15 is 0 Å². The van der Waals surface area contributed by atoms with Crippen molar-refractivity contribution >= 4 is 23.5 Å². The predicted molar refractivity (Wildman–Crippen MR) is 123 cm³/mol. The number of carbonyl (C=O) groups excluding carboxylic acids is 4. The number of hydrogen-bond acceptors (Lipinski definition) is 6. The highest BCUT2D eigenvalue weighted by Crippen LogP contribution is 2.41. The van der Waals surface area contributed by atoms with Gasteiger partial charge in [-0.25, -0.2) is 0 Å². The zero-order chi connectivity index (χ0) is 24.2. The van der Waals surface area contributed by atoms with E-state index in [-0.39, 0.29) is 41.5 Å². The molecule has 0 aliphatic carbocycles. The Balaban J connectivity index is 1.32. The molecule has 3 aliphatic heterocycles. The van der Waals surface area contributed by atoms with Gasteiger partial charge in [-0.05, 0) is 44.2 Å². The first-order valence-electron chi connectivity index (χ1n) is 11.4. The van der Waals surface area contributed by atoms with Crippen molar-refractivity contribution in [1.82, 2.24) is 9.80 Å². The van der Waals surface area contributed by atoms with E-state index in [0.29, 0.717) is 54.1 Å². The maximum absolute atomic E-state index is 13.2. The molecule has 0 N–H and O–H groups in total. The number of imide groups is 1. The molecule has 0 aromatic heterocycles. The van der Waals surface area contributed by atoms with Gasteiger partial charge in [-0.15, -0.1) is 0 Å². The Morgan fingerprint density at radius 3 is 2.32 bits per heavy atom. The van der Waals surface area contributed by atoms with E-state index in [9.17, 15) is 19.2 Å². The predicted octanol–water partition coefficient (Wildman–Crippen LogP) is 3.34. The fourth-order valence-electron chi connectivity index (χ4n) is 5.04. The number of Topliss-reactive ketones (excluding diaryl/α,β-unsaturated/α-hetero) is 1. The van der Waals surface area contributed by atoms with Crippen LogP contribution in [0.3, 0.4) is 0 Å². The minimum absolute atomic E-state index is 0.0280. The summed E-state index contributed by atoms with van der Waals surface area (Å²) < 4.78 is 11.6. The highest BCUT2D eigenvalue weighted by Gasteiger charge is 2.44. The van der Waals surface area contributed by atoms with Gasteiger partial charge in [0.15, 0.2) is 5.78 Å². The molecule has 2 aromatic carbocycles. The second-order valence-electron chi connectivity index (χ2n) is 9.37. The lowest BCUT2D eigenvalue weighted by Crippen LogP contribution is -2.52. The SMILES string of the molecule is COc1ccc2c(c1)OC1(CCN(C(=O)c3ccc4c(c3)C(=O)N(C(C)C)C4=O)CC1)CC2=O. The minimum atomic E-state index is -0.648. The van der Waals surface area contributed by atoms with Gasteiger partial charge in [0.1, 0.15) is 17.1 Å². The van der Waals surface area contributed by atoms with E-state index in [0.717, 1.165) is 0 Å². The van der Waals surface area contributed by atoms with Crippen LogP contribution in [0.2, 0.25) is 0 Å². The number of rotatable bonds is 3. The lowest BCUT2D eigenvalue weighted by Gasteiger charge is -2.44. The number of nitrogens with zero attached hydrogens (tertiary/aromatic N) is 2. The number of likely N-dealkylation sites (tertiary alicyclic amines) is 1. The molecule has 1 saturated heterocycles. The van der Waals surface area contributed by atoms with Crippen LogP contribution in [0.1, 0.15) is 74.5 Å². The van der Waals surface area contributed by atoms with Gasteiger partial charge in [-0.2, -0.15) is 0 Å². The van der Waals surface area contributed by atoms with Crippen LogP contribution in [0.15, 0.2) is 36.4 Å². The Labute approximate surface area is 197 Å². The van der Waals surface area contributed by atoms with Crippen LogP contribution in [0, 0.1) is 0 Å². The maximum atomic E-state index is 13.2. The largest absolute Gasteiger partial charge is 0.497 e. The quantitative estimate of drug-likeness (QED) is 0.650. The monoisotopic (exact) mass is 462 g/mol. The molecular weight excluding hydrogens is 436 g/mol. The molecule has 0 bridgehead atoms. The minimum Gasteiger partial charge on any atom is -0.497 e. The molecule has 1 fully saturated rings. The third-order valence-corrected chi connectivity index (χ3v) is 6.94. The maximum Gasteiger partial charge on any atom is 0.261 e. The summed E-state index contributed by atoms with van der Waals surface area (Å²) >= 11 is 0. The molecule has 34 heavy (non-hydrogen) atoms. The fraction of sp³-hybridized carbons (Fsp3) is 0.385. The van der Waals surface area contributed by atoms with Gasteiger partial charge < -0.3 is 14.4 Å². The molecule has 0 unspecified atom stereocenters. The molecule has 176 valence electrons. The summed E-state index contributed by atoms with van der Waals surface area (Å²) in [6.45, 7) is 4.41. The van der Waals surface area contributed by atoms with Crippen molar-refractivity contribution in [2.24, 2.45) is 0 Å². The van der Waals surface area contributed by atoms with Crippen LogP contribution < -0.4 is 9.47 Å². The first-order chi connectivity index (χ1) is 16.2. The summed E-state index contributed by atoms with van der Waals surface area (Å²) in [5.74, 6) is 0.268. The third kappa shape index (κ3) is 3.45. The van der Waals surface area contributed by atoms with Gasteiger partial charge in [0.2, 0.25) is 0 Å². The van der Waals surface area contributed by atoms with Crippen molar-refractivity contribution in [2.75, 3.05) is 20.2 Å². The number of carbonyl (C=O) groups is 4. The summed E-state index contributed by atoms with van der Waals surface area (Å²) in [5, 5.41) is 0. The number of hydrogen-bond donors (Lipinski definition) is 0. The molecule has 0 saturated carbocycles. The van der Waals surface area contributed by atoms with Crippen LogP contribution in [-0.4, -0.2) is 65.1 Å². The Morgan fingerprint density at radius 2 is 1.65 bits per heavy atom. The van der Waals surface area contributed by atoms with E-state index < -0.39 is 5.60 Å². The van der Waals surface area contributed by atoms with E-state index in [1.165, 1.54) is 11.0 Å². The molecule has 8 nitrogen and oxygen atoms in total. The highest BCUT2D eigenvalue weighted by atomic mass is 16.5. The number of methoxy groups -OCH3 is 1. The van der Waals surface area contributed by atoms with Gasteiger partial charge in [0.05, 0.1) is 30.2 Å². The summed E-state index contributed by atoms with van der Waals surface area (Å²) in [4.78, 5) is 54.1. The Hall–Kier alpha value is -3.68. The molecule has 3 heterocycles. The van der Waals surface area contributed by atoms with E-state index in [2.05, 4.69) is 0 Å². The zero-order valence-electron chi connectivity index (χ0n) is 19.4. The average Bonchev–Trinajstić information content (AvgIpc) is 3.08. The van der Waals surface area contributed by atoms with Gasteiger partial charge >= 0.3 is 0 Å². The van der Waals surface area contributed by atoms with Crippen molar-refractivity contribution in [3.8, 4) is 11.5 Å². The topological polar surface area (TPSA) is 93.2 Å². The Kier molecular flexibility index (Phi) is 5.19. The first kappa shape index (κ1) is 22.1. The van der Waals surface area contributed by atoms with Crippen molar-refractivity contribution in [3.63, 3.8) is 0 Å². The average molecular weight is 463 g/mol. The van der Waals surface area contributed by atoms with E-state index in [4.69, 9.17) is 9.47 Å². The summed E-state index contributed by atoms with van der Waals surface area (Å²) in [6.07, 6.45) is 1.31. The number of piperidine rings is 1. The number of amides is 3. The summed E-state index contributed by atoms with van der Waals surface area (Å²) in [7, 11) is 1.56. The Bertz CT molecular complexity index is 1230. The molecule has 0 atom stereocenters. The van der Waals surface area contributed by atoms with E-state index in [1.54, 1.807) is 56.2 Å². The lowest BCUT2D eigenvalue weighted by molar-refractivity contribution is -0.00583. The van der Waals surface area contributed by atoms with Crippen LogP contribution in [0.25, 0.3) is 0 Å². The van der Waals surface area contributed by atoms with Crippen LogP contribution in [-0.2, 0) is 0 Å². The van der Waals surface area contributed by atoms with Crippen molar-refractivity contribution in [1.29, 1.82) is 0 Å². The molecule has 3 aliphatic rings. The smallest absolute Gasteiger partial charge is 0.261 e. The van der Waals surface area contributed by atoms with Crippen LogP contribution >= 0.6 is 0 Å². The number of ether oxygens (including phenoxy) is 2. The normalized spacial score (nSPS) is 18.8. The summed E-state index contributed by atoms with van der Waals surface area (Å²) in [6, 6.07) is 9.63. The molecule has 3 amide bonds. The third-order valence-electron chi connectivity index (χ3n) is 6.94. The van der Waals surface area contributed by atoms with Crippen LogP contribution in [0.5, 0.6) is 11.5 Å². The first-order valence-corrected chi connectivity index (χ1v) is 11.4. The molecular formula is C26H26N2O6. The molecule has 1 spiro atoms. The standard InChI is InChI=1S/C26H26N2O6/c1-15(2)28-24(31)18-6-4-16(12-20(18)25(28)32)23(30)27-10-8-26(9-11-27)14-21(29)19-7-5-17(33-3)13-22(19)34-26/h4-7,12-13,15H,8-11,14H2,1-3H3. The van der Waals surface area contributed by atoms with Gasteiger partial charge in [0.25, 0.3) is 17.7 Å². The molecule has 0 radical (unpaired) electrons. The van der Waals surface area contributed by atoms with Crippen molar-refractivity contribution < 1.29 is 28.7 Å². The summed E-state index contributed by atoms with van der Waals surface area (Å²) in [5.41, 5.74) is 0.876.